The van der Waals surface area contributed by atoms with Crippen LogP contribution in [0.5, 0.6) is 5.75 Å². The monoisotopic (exact) mass is 314 g/mol. The topological polar surface area (TPSA) is 55.8 Å². The molecule has 0 saturated carbocycles. The quantitative estimate of drug-likeness (QED) is 0.796. The number of aliphatic carboxylic acids is 1. The Balaban J connectivity index is 1.99. The Morgan fingerprint density at radius 1 is 1.17 bits per heavy atom. The van der Waals surface area contributed by atoms with Gasteiger partial charge in [-0.25, -0.2) is 0 Å². The molecule has 0 amide bonds. The number of carboxylic acids is 1. The number of carboxylic acid groups (broad SMARTS) is 1. The lowest BCUT2D eigenvalue weighted by Crippen LogP contribution is -2.10. The lowest BCUT2D eigenvalue weighted by atomic mass is 10.1. The highest BCUT2D eigenvalue weighted by atomic mass is 16.5. The van der Waals surface area contributed by atoms with Gasteiger partial charge in [0, 0.05) is 6.61 Å². The van der Waals surface area contributed by atoms with Gasteiger partial charge in [-0.1, -0.05) is 42.0 Å². The van der Waals surface area contributed by atoms with E-state index in [1.165, 1.54) is 5.56 Å². The van der Waals surface area contributed by atoms with Crippen molar-refractivity contribution in [2.24, 2.45) is 0 Å². The number of rotatable bonds is 8. The zero-order chi connectivity index (χ0) is 16.7. The zero-order valence-corrected chi connectivity index (χ0v) is 13.5. The second-order valence-electron chi connectivity index (χ2n) is 5.39. The molecule has 0 aliphatic heterocycles. The summed E-state index contributed by atoms with van der Waals surface area (Å²) in [5.74, 6) is -0.121. The smallest absolute Gasteiger partial charge is 0.306 e. The maximum Gasteiger partial charge on any atom is 0.306 e. The molecule has 122 valence electrons. The third kappa shape index (κ3) is 5.42. The van der Waals surface area contributed by atoms with Gasteiger partial charge in [-0.3, -0.25) is 4.79 Å². The van der Waals surface area contributed by atoms with E-state index < -0.39 is 12.1 Å². The number of carbonyl (C=O) groups is 1. The van der Waals surface area contributed by atoms with Crippen molar-refractivity contribution in [3.63, 3.8) is 0 Å². The van der Waals surface area contributed by atoms with Crippen LogP contribution in [0.4, 0.5) is 0 Å². The summed E-state index contributed by atoms with van der Waals surface area (Å²) < 4.78 is 11.3. The Hall–Kier alpha value is -2.33. The normalized spacial score (nSPS) is 11.9. The van der Waals surface area contributed by atoms with Crippen molar-refractivity contribution in [1.82, 2.24) is 0 Å². The summed E-state index contributed by atoms with van der Waals surface area (Å²) in [5, 5.41) is 8.95. The Labute approximate surface area is 136 Å². The first-order chi connectivity index (χ1) is 11.1. The van der Waals surface area contributed by atoms with E-state index in [0.717, 1.165) is 16.9 Å². The molecule has 2 rings (SSSR count). The summed E-state index contributed by atoms with van der Waals surface area (Å²) in [7, 11) is 0. The molecule has 0 bridgehead atoms. The standard InChI is InChI=1S/C19H22O4/c1-3-22-18(12-19(20)21)16-7-9-17(10-8-16)23-13-15-6-4-5-14(2)11-15/h4-11,18H,3,12-13H2,1-2H3,(H,20,21). The number of hydrogen-bond donors (Lipinski definition) is 1. The van der Waals surface area contributed by atoms with E-state index in [4.69, 9.17) is 14.6 Å². The lowest BCUT2D eigenvalue weighted by Gasteiger charge is -2.16. The first-order valence-electron chi connectivity index (χ1n) is 7.70. The predicted octanol–water partition coefficient (Wildman–Crippen LogP) is 4.13. The predicted molar refractivity (Wildman–Crippen MR) is 88.6 cm³/mol. The Bertz CT molecular complexity index is 634. The molecular weight excluding hydrogens is 292 g/mol. The van der Waals surface area contributed by atoms with Crippen LogP contribution in [-0.2, 0) is 16.1 Å². The van der Waals surface area contributed by atoms with Crippen molar-refractivity contribution in [1.29, 1.82) is 0 Å². The highest BCUT2D eigenvalue weighted by Gasteiger charge is 2.15. The van der Waals surface area contributed by atoms with Crippen LogP contribution in [0.15, 0.2) is 48.5 Å². The van der Waals surface area contributed by atoms with Gasteiger partial charge in [-0.05, 0) is 37.1 Å². The van der Waals surface area contributed by atoms with Crippen LogP contribution in [0.3, 0.4) is 0 Å². The van der Waals surface area contributed by atoms with Crippen LogP contribution in [0.2, 0.25) is 0 Å². The van der Waals surface area contributed by atoms with Gasteiger partial charge in [0.2, 0.25) is 0 Å². The van der Waals surface area contributed by atoms with Crippen molar-refractivity contribution in [3.05, 3.63) is 65.2 Å². The fourth-order valence-electron chi connectivity index (χ4n) is 2.38. The molecule has 4 nitrogen and oxygen atoms in total. The van der Waals surface area contributed by atoms with Gasteiger partial charge in [0.15, 0.2) is 0 Å². The molecule has 0 heterocycles. The average molecular weight is 314 g/mol. The molecule has 0 aliphatic carbocycles. The fourth-order valence-corrected chi connectivity index (χ4v) is 2.38. The minimum absolute atomic E-state index is 0.0443. The lowest BCUT2D eigenvalue weighted by molar-refractivity contribution is -0.140. The molecule has 23 heavy (non-hydrogen) atoms. The van der Waals surface area contributed by atoms with Crippen LogP contribution in [0.1, 0.15) is 36.1 Å². The third-order valence-corrected chi connectivity index (χ3v) is 3.47. The summed E-state index contributed by atoms with van der Waals surface area (Å²) in [6.07, 6.45) is -0.472. The Morgan fingerprint density at radius 2 is 1.91 bits per heavy atom. The van der Waals surface area contributed by atoms with Gasteiger partial charge in [0.05, 0.1) is 12.5 Å². The van der Waals surface area contributed by atoms with Gasteiger partial charge < -0.3 is 14.6 Å². The van der Waals surface area contributed by atoms with Gasteiger partial charge in [-0.15, -0.1) is 0 Å². The molecule has 0 aliphatic rings. The van der Waals surface area contributed by atoms with Crippen molar-refractivity contribution >= 4 is 5.97 Å². The summed E-state index contributed by atoms with van der Waals surface area (Å²) in [4.78, 5) is 10.9. The molecule has 0 spiro atoms. The number of aryl methyl sites for hydroxylation is 1. The first-order valence-corrected chi connectivity index (χ1v) is 7.70. The van der Waals surface area contributed by atoms with E-state index in [0.29, 0.717) is 13.2 Å². The van der Waals surface area contributed by atoms with E-state index >= 15 is 0 Å². The van der Waals surface area contributed by atoms with Gasteiger partial charge in [-0.2, -0.15) is 0 Å². The second-order valence-corrected chi connectivity index (χ2v) is 5.39. The first kappa shape index (κ1) is 17.0. The molecule has 0 fully saturated rings. The van der Waals surface area contributed by atoms with E-state index in [2.05, 4.69) is 19.1 Å². The summed E-state index contributed by atoms with van der Waals surface area (Å²) in [6.45, 7) is 4.89. The largest absolute Gasteiger partial charge is 0.489 e. The molecule has 0 saturated heterocycles. The summed E-state index contributed by atoms with van der Waals surface area (Å²) >= 11 is 0. The maximum absolute atomic E-state index is 10.9. The number of hydrogen-bond acceptors (Lipinski definition) is 3. The van der Waals surface area contributed by atoms with Gasteiger partial charge in [0.25, 0.3) is 0 Å². The third-order valence-electron chi connectivity index (χ3n) is 3.47. The summed E-state index contributed by atoms with van der Waals surface area (Å²) in [6, 6.07) is 15.6. The fraction of sp³-hybridized carbons (Fsp3) is 0.316. The highest BCUT2D eigenvalue weighted by Crippen LogP contribution is 2.24. The molecule has 0 radical (unpaired) electrons. The number of ether oxygens (including phenoxy) is 2. The van der Waals surface area contributed by atoms with Crippen molar-refractivity contribution in [2.45, 2.75) is 33.0 Å². The van der Waals surface area contributed by atoms with E-state index in [1.807, 2.05) is 43.3 Å². The van der Waals surface area contributed by atoms with E-state index in [1.54, 1.807) is 0 Å². The van der Waals surface area contributed by atoms with Crippen molar-refractivity contribution in [3.8, 4) is 5.75 Å². The minimum atomic E-state index is -0.872. The molecule has 2 aromatic carbocycles. The minimum Gasteiger partial charge on any atom is -0.489 e. The average Bonchev–Trinajstić information content (AvgIpc) is 2.53. The van der Waals surface area contributed by atoms with Crippen LogP contribution in [0.25, 0.3) is 0 Å². The van der Waals surface area contributed by atoms with Crippen LogP contribution < -0.4 is 4.74 Å². The van der Waals surface area contributed by atoms with Crippen LogP contribution >= 0.6 is 0 Å². The maximum atomic E-state index is 10.9. The van der Waals surface area contributed by atoms with Crippen molar-refractivity contribution in [2.75, 3.05) is 6.61 Å². The van der Waals surface area contributed by atoms with Crippen molar-refractivity contribution < 1.29 is 19.4 Å². The van der Waals surface area contributed by atoms with Crippen LogP contribution in [0, 0.1) is 6.92 Å². The highest BCUT2D eigenvalue weighted by molar-refractivity contribution is 5.67. The Kier molecular flexibility index (Phi) is 6.18. The second kappa shape index (κ2) is 8.34. The molecular formula is C19H22O4. The van der Waals surface area contributed by atoms with Crippen LogP contribution in [-0.4, -0.2) is 17.7 Å². The molecule has 1 unspecified atom stereocenters. The van der Waals surface area contributed by atoms with E-state index in [9.17, 15) is 4.79 Å². The summed E-state index contributed by atoms with van der Waals surface area (Å²) in [5.41, 5.74) is 3.17. The molecule has 1 N–H and O–H groups in total. The molecule has 2 aromatic rings. The van der Waals surface area contributed by atoms with Gasteiger partial charge >= 0.3 is 5.97 Å². The molecule has 4 heteroatoms. The number of benzene rings is 2. The van der Waals surface area contributed by atoms with Gasteiger partial charge in [0.1, 0.15) is 12.4 Å². The SMILES string of the molecule is CCOC(CC(=O)O)c1ccc(OCc2cccc(C)c2)cc1. The molecule has 1 atom stereocenters. The van der Waals surface area contributed by atoms with E-state index in [-0.39, 0.29) is 6.42 Å². The zero-order valence-electron chi connectivity index (χ0n) is 13.5. The molecule has 0 aromatic heterocycles. The Morgan fingerprint density at radius 3 is 2.52 bits per heavy atom.